The molecule has 2 nitrogen and oxygen atoms in total. The van der Waals surface area contributed by atoms with Gasteiger partial charge in [-0.25, -0.2) is 0 Å². The van der Waals surface area contributed by atoms with Crippen LogP contribution in [0, 0.1) is 11.8 Å². The van der Waals surface area contributed by atoms with Crippen LogP contribution in [0.4, 0.5) is 0 Å². The molecule has 1 saturated carbocycles. The first-order valence-corrected chi connectivity index (χ1v) is 3.60. The number of esters is 1. The fourth-order valence-electron chi connectivity index (χ4n) is 1.82. The van der Waals surface area contributed by atoms with E-state index in [9.17, 15) is 4.79 Å². The third kappa shape index (κ3) is 0.681. The predicted molar refractivity (Wildman–Crippen MR) is 36.3 cm³/mol. The first-order valence-electron chi connectivity index (χ1n) is 3.60. The largest absolute Gasteiger partial charge is 0.465 e. The number of hydrogen-bond acceptors (Lipinski definition) is 2. The number of allylic oxidation sites excluding steroid dienone is 1. The highest BCUT2D eigenvalue weighted by atomic mass is 16.5. The minimum absolute atomic E-state index is 0.0105. The van der Waals surface area contributed by atoms with E-state index in [1.807, 2.05) is 0 Å². The molecule has 1 heterocycles. The molecule has 0 radical (unpaired) electrons. The van der Waals surface area contributed by atoms with Crippen molar-refractivity contribution in [2.45, 2.75) is 12.8 Å². The van der Waals surface area contributed by atoms with Gasteiger partial charge in [-0.2, -0.15) is 0 Å². The van der Waals surface area contributed by atoms with Crippen molar-refractivity contribution in [1.82, 2.24) is 0 Å². The molecule has 10 heavy (non-hydrogen) atoms. The number of ether oxygens (including phenoxy) is 1. The molecule has 1 aliphatic carbocycles. The van der Waals surface area contributed by atoms with Crippen molar-refractivity contribution in [2.75, 3.05) is 6.61 Å². The maximum absolute atomic E-state index is 10.9. The standard InChI is InChI=1S/C8H10O2/c1-5-2-6-4-10-8(9)7(6)3-5/h6-7H,1-4H2/t6-,7-/m0/s1. The zero-order chi connectivity index (χ0) is 7.14. The van der Waals surface area contributed by atoms with Gasteiger partial charge in [0.15, 0.2) is 0 Å². The zero-order valence-corrected chi connectivity index (χ0v) is 5.80. The van der Waals surface area contributed by atoms with Gasteiger partial charge in [0.05, 0.1) is 12.5 Å². The van der Waals surface area contributed by atoms with Crippen LogP contribution in [0.2, 0.25) is 0 Å². The quantitative estimate of drug-likeness (QED) is 0.370. The Hall–Kier alpha value is -0.790. The summed E-state index contributed by atoms with van der Waals surface area (Å²) in [5.74, 6) is 0.608. The molecule has 0 aromatic rings. The molecule has 2 fully saturated rings. The molecular formula is C8H10O2. The lowest BCUT2D eigenvalue weighted by molar-refractivity contribution is -0.141. The van der Waals surface area contributed by atoms with Crippen LogP contribution in [0.1, 0.15) is 12.8 Å². The lowest BCUT2D eigenvalue weighted by Crippen LogP contribution is -2.07. The molecular weight excluding hydrogens is 128 g/mol. The summed E-state index contributed by atoms with van der Waals surface area (Å²) in [4.78, 5) is 10.9. The van der Waals surface area contributed by atoms with Crippen LogP contribution >= 0.6 is 0 Å². The zero-order valence-electron chi connectivity index (χ0n) is 5.80. The molecule has 2 aliphatic rings. The maximum Gasteiger partial charge on any atom is 0.309 e. The fourth-order valence-corrected chi connectivity index (χ4v) is 1.82. The molecule has 2 rings (SSSR count). The number of hydrogen-bond donors (Lipinski definition) is 0. The van der Waals surface area contributed by atoms with Gasteiger partial charge in [0.1, 0.15) is 0 Å². The molecule has 2 atom stereocenters. The van der Waals surface area contributed by atoms with Crippen molar-refractivity contribution in [3.63, 3.8) is 0 Å². The summed E-state index contributed by atoms with van der Waals surface area (Å²) in [6.07, 6.45) is 1.86. The van der Waals surface area contributed by atoms with Crippen molar-refractivity contribution in [3.8, 4) is 0 Å². The van der Waals surface area contributed by atoms with E-state index in [0.29, 0.717) is 12.5 Å². The third-order valence-electron chi connectivity index (χ3n) is 2.37. The molecule has 1 aliphatic heterocycles. The summed E-state index contributed by atoms with van der Waals surface area (Å²) in [5, 5.41) is 0. The van der Waals surface area contributed by atoms with E-state index >= 15 is 0 Å². The van der Waals surface area contributed by atoms with E-state index in [1.54, 1.807) is 0 Å². The Bertz CT molecular complexity index is 195. The number of fused-ring (bicyclic) bond motifs is 1. The second kappa shape index (κ2) is 1.84. The topological polar surface area (TPSA) is 26.3 Å². The predicted octanol–water partition coefficient (Wildman–Crippen LogP) is 1.13. The van der Waals surface area contributed by atoms with E-state index in [1.165, 1.54) is 5.57 Å². The van der Waals surface area contributed by atoms with Crippen molar-refractivity contribution in [3.05, 3.63) is 12.2 Å². The van der Waals surface area contributed by atoms with E-state index in [4.69, 9.17) is 4.74 Å². The van der Waals surface area contributed by atoms with Gasteiger partial charge in [-0.15, -0.1) is 0 Å². The second-order valence-corrected chi connectivity index (χ2v) is 3.15. The minimum atomic E-state index is -0.0105. The van der Waals surface area contributed by atoms with Crippen LogP contribution < -0.4 is 0 Å². The molecule has 1 saturated heterocycles. The van der Waals surface area contributed by atoms with Crippen molar-refractivity contribution < 1.29 is 9.53 Å². The Morgan fingerprint density at radius 3 is 3.00 bits per heavy atom. The van der Waals surface area contributed by atoms with E-state index in [2.05, 4.69) is 6.58 Å². The third-order valence-corrected chi connectivity index (χ3v) is 2.37. The van der Waals surface area contributed by atoms with Crippen LogP contribution in [-0.4, -0.2) is 12.6 Å². The molecule has 54 valence electrons. The highest BCUT2D eigenvalue weighted by Crippen LogP contribution is 2.39. The summed E-state index contributed by atoms with van der Waals surface area (Å²) in [6, 6.07) is 0. The summed E-state index contributed by atoms with van der Waals surface area (Å²) in [5.41, 5.74) is 1.21. The van der Waals surface area contributed by atoms with Gasteiger partial charge >= 0.3 is 5.97 Å². The highest BCUT2D eigenvalue weighted by Gasteiger charge is 2.41. The molecule has 2 heteroatoms. The van der Waals surface area contributed by atoms with Crippen LogP contribution in [0.15, 0.2) is 12.2 Å². The van der Waals surface area contributed by atoms with Gasteiger partial charge in [-0.3, -0.25) is 4.79 Å². The van der Waals surface area contributed by atoms with Gasteiger partial charge in [0.2, 0.25) is 0 Å². The molecule has 0 N–H and O–H groups in total. The highest BCUT2D eigenvalue weighted by molar-refractivity contribution is 5.75. The summed E-state index contributed by atoms with van der Waals surface area (Å²) in [7, 11) is 0. The normalized spacial score (nSPS) is 38.0. The smallest absolute Gasteiger partial charge is 0.309 e. The average Bonchev–Trinajstić information content (AvgIpc) is 2.35. The number of cyclic esters (lactones) is 1. The number of rotatable bonds is 0. The first-order chi connectivity index (χ1) is 4.77. The van der Waals surface area contributed by atoms with Crippen molar-refractivity contribution >= 4 is 5.97 Å². The number of carbonyl (C=O) groups excluding carboxylic acids is 1. The Morgan fingerprint density at radius 2 is 2.30 bits per heavy atom. The summed E-state index contributed by atoms with van der Waals surface area (Å²) >= 11 is 0. The molecule has 0 aromatic carbocycles. The first kappa shape index (κ1) is 5.96. The fraction of sp³-hybridized carbons (Fsp3) is 0.625. The molecule has 0 aromatic heterocycles. The molecule has 0 spiro atoms. The number of carbonyl (C=O) groups is 1. The Balaban J connectivity index is 2.19. The van der Waals surface area contributed by atoms with Crippen LogP contribution in [0.5, 0.6) is 0 Å². The second-order valence-electron chi connectivity index (χ2n) is 3.15. The lowest BCUT2D eigenvalue weighted by atomic mass is 10.0. The van der Waals surface area contributed by atoms with Gasteiger partial charge in [0.25, 0.3) is 0 Å². The average molecular weight is 138 g/mol. The van der Waals surface area contributed by atoms with E-state index in [0.717, 1.165) is 12.8 Å². The van der Waals surface area contributed by atoms with Crippen LogP contribution in [0.25, 0.3) is 0 Å². The van der Waals surface area contributed by atoms with Gasteiger partial charge in [-0.05, 0) is 12.8 Å². The van der Waals surface area contributed by atoms with Crippen molar-refractivity contribution in [2.24, 2.45) is 11.8 Å². The van der Waals surface area contributed by atoms with E-state index < -0.39 is 0 Å². The van der Waals surface area contributed by atoms with Gasteiger partial charge < -0.3 is 4.74 Å². The lowest BCUT2D eigenvalue weighted by Gasteiger charge is -1.97. The minimum Gasteiger partial charge on any atom is -0.465 e. The molecule has 0 bridgehead atoms. The monoisotopic (exact) mass is 138 g/mol. The van der Waals surface area contributed by atoms with Crippen molar-refractivity contribution in [1.29, 1.82) is 0 Å². The summed E-state index contributed by atoms with van der Waals surface area (Å²) in [6.45, 7) is 4.49. The van der Waals surface area contributed by atoms with Gasteiger partial charge in [-0.1, -0.05) is 12.2 Å². The van der Waals surface area contributed by atoms with E-state index in [-0.39, 0.29) is 11.9 Å². The van der Waals surface area contributed by atoms with Crippen LogP contribution in [0.3, 0.4) is 0 Å². The van der Waals surface area contributed by atoms with Gasteiger partial charge in [0, 0.05) is 5.92 Å². The Morgan fingerprint density at radius 1 is 1.50 bits per heavy atom. The molecule has 0 unspecified atom stereocenters. The SMILES string of the molecule is C=C1C[C@H]2COC(=O)[C@H]2C1. The van der Waals surface area contributed by atoms with Crippen LogP contribution in [-0.2, 0) is 9.53 Å². The summed E-state index contributed by atoms with van der Waals surface area (Å²) < 4.78 is 4.89. The maximum atomic E-state index is 10.9. The Kier molecular flexibility index (Phi) is 1.10. The Labute approximate surface area is 59.9 Å². The molecule has 0 amide bonds.